The molecule has 90 valence electrons. The Balaban J connectivity index is 2.20. The third-order valence-corrected chi connectivity index (χ3v) is 3.00. The molecule has 0 radical (unpaired) electrons. The van der Waals surface area contributed by atoms with Crippen LogP contribution in [0.25, 0.3) is 6.08 Å². The molecule has 0 unspecified atom stereocenters. The Kier molecular flexibility index (Phi) is 3.95. The molecule has 0 aromatic heterocycles. The zero-order valence-electron chi connectivity index (χ0n) is 9.64. The highest BCUT2D eigenvalue weighted by Crippen LogP contribution is 2.19. The van der Waals surface area contributed by atoms with Gasteiger partial charge in [0, 0.05) is 15.7 Å². The Morgan fingerprint density at radius 2 is 1.83 bits per heavy atom. The SMILES string of the molecule is Nc1cc(Br)ccc1C(=O)/C=C/c1ccccc1. The highest BCUT2D eigenvalue weighted by Gasteiger charge is 2.06. The lowest BCUT2D eigenvalue weighted by Gasteiger charge is -2.02. The van der Waals surface area contributed by atoms with Gasteiger partial charge in [0.25, 0.3) is 0 Å². The maximum Gasteiger partial charge on any atom is 0.187 e. The molecular formula is C15H12BrNO. The van der Waals surface area contributed by atoms with Crippen LogP contribution in [0, 0.1) is 0 Å². The summed E-state index contributed by atoms with van der Waals surface area (Å²) in [4.78, 5) is 12.0. The van der Waals surface area contributed by atoms with Gasteiger partial charge in [0.1, 0.15) is 0 Å². The van der Waals surface area contributed by atoms with E-state index in [1.54, 1.807) is 24.3 Å². The van der Waals surface area contributed by atoms with E-state index in [2.05, 4.69) is 15.9 Å². The van der Waals surface area contributed by atoms with Crippen molar-refractivity contribution < 1.29 is 4.79 Å². The first-order chi connectivity index (χ1) is 8.66. The molecule has 0 aliphatic carbocycles. The van der Waals surface area contributed by atoms with Gasteiger partial charge in [-0.1, -0.05) is 52.3 Å². The fourth-order valence-corrected chi connectivity index (χ4v) is 1.96. The molecule has 0 heterocycles. The number of nitrogens with two attached hydrogens (primary N) is 1. The monoisotopic (exact) mass is 301 g/mol. The first-order valence-corrected chi connectivity index (χ1v) is 6.28. The average molecular weight is 302 g/mol. The second-order valence-electron chi connectivity index (χ2n) is 3.84. The zero-order valence-corrected chi connectivity index (χ0v) is 11.2. The van der Waals surface area contributed by atoms with E-state index in [9.17, 15) is 4.79 Å². The molecule has 3 heteroatoms. The van der Waals surface area contributed by atoms with Gasteiger partial charge in [0.05, 0.1) is 0 Å². The number of benzene rings is 2. The van der Waals surface area contributed by atoms with Crippen molar-refractivity contribution in [2.24, 2.45) is 0 Å². The van der Waals surface area contributed by atoms with Crippen LogP contribution in [0.4, 0.5) is 5.69 Å². The van der Waals surface area contributed by atoms with Crippen LogP contribution in [-0.2, 0) is 0 Å². The molecule has 0 fully saturated rings. The van der Waals surface area contributed by atoms with Crippen LogP contribution < -0.4 is 5.73 Å². The smallest absolute Gasteiger partial charge is 0.187 e. The first-order valence-electron chi connectivity index (χ1n) is 5.49. The summed E-state index contributed by atoms with van der Waals surface area (Å²) in [5, 5.41) is 0. The molecule has 0 saturated heterocycles. The molecule has 0 bridgehead atoms. The van der Waals surface area contributed by atoms with Crippen molar-refractivity contribution in [1.82, 2.24) is 0 Å². The number of anilines is 1. The Labute approximate surface area is 114 Å². The van der Waals surface area contributed by atoms with Crippen LogP contribution in [0.5, 0.6) is 0 Å². The molecule has 0 saturated carbocycles. The molecule has 0 amide bonds. The van der Waals surface area contributed by atoms with Crippen LogP contribution >= 0.6 is 15.9 Å². The summed E-state index contributed by atoms with van der Waals surface area (Å²) in [7, 11) is 0. The maximum atomic E-state index is 12.0. The summed E-state index contributed by atoms with van der Waals surface area (Å²) in [6, 6.07) is 14.9. The molecule has 0 aliphatic rings. The van der Waals surface area contributed by atoms with Crippen LogP contribution in [-0.4, -0.2) is 5.78 Å². The van der Waals surface area contributed by atoms with Crippen molar-refractivity contribution in [3.8, 4) is 0 Å². The Bertz CT molecular complexity index is 591. The third-order valence-electron chi connectivity index (χ3n) is 2.51. The molecule has 2 aromatic rings. The van der Waals surface area contributed by atoms with Crippen molar-refractivity contribution in [3.63, 3.8) is 0 Å². The van der Waals surface area contributed by atoms with Gasteiger partial charge >= 0.3 is 0 Å². The van der Waals surface area contributed by atoms with E-state index in [4.69, 9.17) is 5.73 Å². The minimum absolute atomic E-state index is 0.0937. The van der Waals surface area contributed by atoms with Gasteiger partial charge in [0.2, 0.25) is 0 Å². The van der Waals surface area contributed by atoms with Crippen LogP contribution in [0.15, 0.2) is 59.1 Å². The lowest BCUT2D eigenvalue weighted by atomic mass is 10.1. The number of hydrogen-bond acceptors (Lipinski definition) is 2. The Hall–Kier alpha value is -1.87. The minimum Gasteiger partial charge on any atom is -0.398 e. The second kappa shape index (κ2) is 5.65. The molecule has 2 N–H and O–H groups in total. The fraction of sp³-hybridized carbons (Fsp3) is 0. The lowest BCUT2D eigenvalue weighted by Crippen LogP contribution is -2.00. The summed E-state index contributed by atoms with van der Waals surface area (Å²) in [6.07, 6.45) is 3.32. The summed E-state index contributed by atoms with van der Waals surface area (Å²) in [5.74, 6) is -0.0937. The van der Waals surface area contributed by atoms with E-state index in [1.807, 2.05) is 30.3 Å². The second-order valence-corrected chi connectivity index (χ2v) is 4.76. The Morgan fingerprint density at radius 3 is 2.50 bits per heavy atom. The number of carbonyl (C=O) groups excluding carboxylic acids is 1. The minimum atomic E-state index is -0.0937. The third kappa shape index (κ3) is 3.08. The topological polar surface area (TPSA) is 43.1 Å². The largest absolute Gasteiger partial charge is 0.398 e. The van der Waals surface area contributed by atoms with E-state index in [-0.39, 0.29) is 5.78 Å². The van der Waals surface area contributed by atoms with Crippen molar-refractivity contribution in [1.29, 1.82) is 0 Å². The molecule has 0 aliphatic heterocycles. The number of nitrogen functional groups attached to an aromatic ring is 1. The highest BCUT2D eigenvalue weighted by atomic mass is 79.9. The van der Waals surface area contributed by atoms with Gasteiger partial charge in [-0.15, -0.1) is 0 Å². The molecule has 0 spiro atoms. The number of hydrogen-bond donors (Lipinski definition) is 1. The first kappa shape index (κ1) is 12.6. The van der Waals surface area contributed by atoms with Crippen LogP contribution in [0.3, 0.4) is 0 Å². The molecular weight excluding hydrogens is 290 g/mol. The number of rotatable bonds is 3. The quantitative estimate of drug-likeness (QED) is 0.530. The molecule has 18 heavy (non-hydrogen) atoms. The molecule has 2 nitrogen and oxygen atoms in total. The van der Waals surface area contributed by atoms with Crippen LogP contribution in [0.1, 0.15) is 15.9 Å². The van der Waals surface area contributed by atoms with E-state index >= 15 is 0 Å². The van der Waals surface area contributed by atoms with E-state index < -0.39 is 0 Å². The number of halogens is 1. The molecule has 0 atom stereocenters. The summed E-state index contributed by atoms with van der Waals surface area (Å²) in [5.41, 5.74) is 7.79. The number of carbonyl (C=O) groups is 1. The van der Waals surface area contributed by atoms with Crippen molar-refractivity contribution in [3.05, 3.63) is 70.2 Å². The van der Waals surface area contributed by atoms with E-state index in [1.165, 1.54) is 6.08 Å². The summed E-state index contributed by atoms with van der Waals surface area (Å²) < 4.78 is 0.864. The van der Waals surface area contributed by atoms with Crippen molar-refractivity contribution in [2.75, 3.05) is 5.73 Å². The van der Waals surface area contributed by atoms with Crippen molar-refractivity contribution in [2.45, 2.75) is 0 Å². The highest BCUT2D eigenvalue weighted by molar-refractivity contribution is 9.10. The normalized spacial score (nSPS) is 10.7. The van der Waals surface area contributed by atoms with E-state index in [0.717, 1.165) is 10.0 Å². The van der Waals surface area contributed by atoms with Gasteiger partial charge in [-0.05, 0) is 29.8 Å². The van der Waals surface area contributed by atoms with Gasteiger partial charge < -0.3 is 5.73 Å². The predicted molar refractivity (Wildman–Crippen MR) is 78.4 cm³/mol. The van der Waals surface area contributed by atoms with Gasteiger partial charge in [-0.3, -0.25) is 4.79 Å². The molecule has 2 aromatic carbocycles. The van der Waals surface area contributed by atoms with Crippen molar-refractivity contribution >= 4 is 33.5 Å². The van der Waals surface area contributed by atoms with Crippen LogP contribution in [0.2, 0.25) is 0 Å². The number of allylic oxidation sites excluding steroid dienone is 1. The summed E-state index contributed by atoms with van der Waals surface area (Å²) in [6.45, 7) is 0. The fourth-order valence-electron chi connectivity index (χ4n) is 1.58. The molecule has 2 rings (SSSR count). The lowest BCUT2D eigenvalue weighted by molar-refractivity contribution is 0.104. The van der Waals surface area contributed by atoms with Gasteiger partial charge in [-0.25, -0.2) is 0 Å². The standard InChI is InChI=1S/C15H12BrNO/c16-12-7-8-13(14(17)10-12)15(18)9-6-11-4-2-1-3-5-11/h1-10H,17H2/b9-6+. The Morgan fingerprint density at radius 1 is 1.11 bits per heavy atom. The number of ketones is 1. The van der Waals surface area contributed by atoms with E-state index in [0.29, 0.717) is 11.3 Å². The summed E-state index contributed by atoms with van der Waals surface area (Å²) >= 11 is 3.31. The van der Waals surface area contributed by atoms with Gasteiger partial charge in [0.15, 0.2) is 5.78 Å². The average Bonchev–Trinajstić information content (AvgIpc) is 2.37. The maximum absolute atomic E-state index is 12.0. The zero-order chi connectivity index (χ0) is 13.0. The predicted octanol–water partition coefficient (Wildman–Crippen LogP) is 3.93. The van der Waals surface area contributed by atoms with Gasteiger partial charge in [-0.2, -0.15) is 0 Å².